The summed E-state index contributed by atoms with van der Waals surface area (Å²) in [4.78, 5) is 28.0. The number of rotatable bonds is 2. The minimum absolute atomic E-state index is 0.195. The molecule has 0 unspecified atom stereocenters. The second kappa shape index (κ2) is 6.94. The van der Waals surface area contributed by atoms with Crippen molar-refractivity contribution in [1.29, 1.82) is 0 Å². The number of allylic oxidation sites excluding steroid dienone is 1. The van der Waals surface area contributed by atoms with Gasteiger partial charge in [0.2, 0.25) is 0 Å². The fraction of sp³-hybridized carbons (Fsp3) is 0.304. The highest BCUT2D eigenvalue weighted by Gasteiger charge is 2.34. The number of Topliss-reactive ketones (excluding diaryl/α,β-unsaturated/α-hetero) is 2. The maximum atomic E-state index is 12.8. The normalized spacial score (nSPS) is 19.1. The number of ketones is 2. The fourth-order valence-electron chi connectivity index (χ4n) is 4.26. The van der Waals surface area contributed by atoms with E-state index >= 15 is 0 Å². The van der Waals surface area contributed by atoms with Crippen LogP contribution >= 0.6 is 34.3 Å². The van der Waals surface area contributed by atoms with Crippen LogP contribution in [0.15, 0.2) is 29.8 Å². The van der Waals surface area contributed by atoms with E-state index in [9.17, 15) is 9.59 Å². The Bertz CT molecular complexity index is 1080. The summed E-state index contributed by atoms with van der Waals surface area (Å²) in [7, 11) is 0. The van der Waals surface area contributed by atoms with E-state index in [1.165, 1.54) is 46.4 Å². The van der Waals surface area contributed by atoms with Crippen molar-refractivity contribution in [2.75, 3.05) is 0 Å². The molecule has 2 heterocycles. The summed E-state index contributed by atoms with van der Waals surface area (Å²) >= 11 is 9.68. The van der Waals surface area contributed by atoms with Gasteiger partial charge in [0.15, 0.2) is 11.6 Å². The van der Waals surface area contributed by atoms with Crippen LogP contribution in [0.4, 0.5) is 0 Å². The molecule has 1 fully saturated rings. The zero-order valence-electron chi connectivity index (χ0n) is 15.5. The van der Waals surface area contributed by atoms with Gasteiger partial charge in [-0.1, -0.05) is 30.9 Å². The lowest BCUT2D eigenvalue weighted by Crippen LogP contribution is -2.02. The first-order valence-corrected chi connectivity index (χ1v) is 11.7. The van der Waals surface area contributed by atoms with Crippen LogP contribution in [0.5, 0.6) is 0 Å². The molecule has 0 bridgehead atoms. The van der Waals surface area contributed by atoms with Crippen LogP contribution in [0.3, 0.4) is 0 Å². The minimum atomic E-state index is -0.221. The van der Waals surface area contributed by atoms with Gasteiger partial charge in [0, 0.05) is 35.3 Å². The van der Waals surface area contributed by atoms with Gasteiger partial charge < -0.3 is 0 Å². The molecular formula is C23H19ClO2S2. The number of hydrogen-bond donors (Lipinski definition) is 0. The number of hydrogen-bond acceptors (Lipinski definition) is 4. The first-order chi connectivity index (χ1) is 13.5. The Morgan fingerprint density at radius 1 is 0.929 bits per heavy atom. The molecular weight excluding hydrogens is 408 g/mol. The topological polar surface area (TPSA) is 34.1 Å². The van der Waals surface area contributed by atoms with Gasteiger partial charge in [-0.15, -0.1) is 22.7 Å². The highest BCUT2D eigenvalue weighted by molar-refractivity contribution is 7.28. The van der Waals surface area contributed by atoms with Crippen LogP contribution in [-0.2, 0) is 0 Å². The summed E-state index contributed by atoms with van der Waals surface area (Å²) < 4.78 is 2.51. The SMILES string of the molecule is Cc1cc2c(cc1Cl)C(=O)/C(=C/c1cc3sc(C4CCCCC4)cc3s1)C2=O. The monoisotopic (exact) mass is 426 g/mol. The molecule has 0 N–H and O–H groups in total. The molecule has 1 saturated carbocycles. The van der Waals surface area contributed by atoms with Crippen molar-refractivity contribution in [3.05, 3.63) is 61.3 Å². The average molecular weight is 427 g/mol. The Balaban J connectivity index is 1.47. The number of halogens is 1. The Kier molecular flexibility index (Phi) is 4.53. The highest BCUT2D eigenvalue weighted by atomic mass is 35.5. The summed E-state index contributed by atoms with van der Waals surface area (Å²) in [6.07, 6.45) is 8.39. The van der Waals surface area contributed by atoms with Crippen molar-refractivity contribution in [3.8, 4) is 0 Å². The quantitative estimate of drug-likeness (QED) is 0.315. The number of aryl methyl sites for hydroxylation is 1. The van der Waals surface area contributed by atoms with Crippen molar-refractivity contribution in [2.45, 2.75) is 44.9 Å². The standard InChI is InChI=1S/C23H19ClO2S2/c1-12-7-15-16(10-18(12)24)23(26)17(22(15)25)8-14-9-20-21(27-14)11-19(28-20)13-5-3-2-4-6-13/h7-11,13H,2-6H2,1H3/b17-8+. The van der Waals surface area contributed by atoms with Crippen LogP contribution in [0.1, 0.15) is 74.1 Å². The van der Waals surface area contributed by atoms with Crippen molar-refractivity contribution in [2.24, 2.45) is 0 Å². The van der Waals surface area contributed by atoms with Gasteiger partial charge in [-0.2, -0.15) is 0 Å². The van der Waals surface area contributed by atoms with Crippen molar-refractivity contribution >= 4 is 61.3 Å². The smallest absolute Gasteiger partial charge is 0.197 e. The molecule has 2 aliphatic carbocycles. The van der Waals surface area contributed by atoms with Crippen molar-refractivity contribution in [3.63, 3.8) is 0 Å². The Morgan fingerprint density at radius 3 is 2.32 bits per heavy atom. The second-order valence-corrected chi connectivity index (χ2v) is 10.4. The number of fused-ring (bicyclic) bond motifs is 2. The van der Waals surface area contributed by atoms with E-state index in [0.717, 1.165) is 10.4 Å². The molecule has 28 heavy (non-hydrogen) atoms. The summed E-state index contributed by atoms with van der Waals surface area (Å²) in [6.45, 7) is 1.85. The first kappa shape index (κ1) is 18.3. The average Bonchev–Trinajstić information content (AvgIpc) is 3.31. The van der Waals surface area contributed by atoms with Crippen molar-refractivity contribution in [1.82, 2.24) is 0 Å². The fourth-order valence-corrected chi connectivity index (χ4v) is 6.95. The number of carbonyl (C=O) groups is 2. The zero-order valence-corrected chi connectivity index (χ0v) is 17.9. The van der Waals surface area contributed by atoms with Crippen LogP contribution < -0.4 is 0 Å². The van der Waals surface area contributed by atoms with Crippen LogP contribution in [0.25, 0.3) is 15.5 Å². The molecule has 0 radical (unpaired) electrons. The summed E-state index contributed by atoms with van der Waals surface area (Å²) in [5, 5.41) is 0.521. The van der Waals surface area contributed by atoms with E-state index < -0.39 is 0 Å². The summed E-state index contributed by atoms with van der Waals surface area (Å²) in [5.41, 5.74) is 1.95. The van der Waals surface area contributed by atoms with E-state index in [1.807, 2.05) is 18.3 Å². The van der Waals surface area contributed by atoms with E-state index in [0.29, 0.717) is 22.1 Å². The van der Waals surface area contributed by atoms with E-state index in [1.54, 1.807) is 29.5 Å². The van der Waals surface area contributed by atoms with Crippen LogP contribution in [-0.4, -0.2) is 11.6 Å². The minimum Gasteiger partial charge on any atom is -0.288 e. The molecule has 0 atom stereocenters. The molecule has 1 aromatic carbocycles. The summed E-state index contributed by atoms with van der Waals surface area (Å²) in [5.74, 6) is 0.293. The largest absolute Gasteiger partial charge is 0.288 e. The Morgan fingerprint density at radius 2 is 1.61 bits per heavy atom. The summed E-state index contributed by atoms with van der Waals surface area (Å²) in [6, 6.07) is 7.78. The molecule has 0 spiro atoms. The van der Waals surface area contributed by atoms with Gasteiger partial charge in [-0.25, -0.2) is 0 Å². The van der Waals surface area contributed by atoms with E-state index in [2.05, 4.69) is 12.1 Å². The Hall–Kier alpha value is -1.75. The second-order valence-electron chi connectivity index (χ2n) is 7.72. The van der Waals surface area contributed by atoms with Gasteiger partial charge >= 0.3 is 0 Å². The maximum Gasteiger partial charge on any atom is 0.197 e. The number of thiophene rings is 2. The molecule has 3 aromatic rings. The van der Waals surface area contributed by atoms with E-state index in [-0.39, 0.29) is 17.1 Å². The third-order valence-corrected chi connectivity index (χ3v) is 8.63. The molecule has 2 nitrogen and oxygen atoms in total. The molecule has 2 aromatic heterocycles. The number of carbonyl (C=O) groups excluding carboxylic acids is 2. The molecule has 142 valence electrons. The predicted molar refractivity (Wildman–Crippen MR) is 118 cm³/mol. The lowest BCUT2D eigenvalue weighted by Gasteiger charge is -2.19. The van der Waals surface area contributed by atoms with Gasteiger partial charge in [-0.05, 0) is 61.6 Å². The maximum absolute atomic E-state index is 12.8. The molecule has 5 rings (SSSR count). The van der Waals surface area contributed by atoms with Gasteiger partial charge in [0.25, 0.3) is 0 Å². The van der Waals surface area contributed by atoms with Gasteiger partial charge in [0.05, 0.1) is 5.57 Å². The first-order valence-electron chi connectivity index (χ1n) is 9.66. The number of benzene rings is 1. The lowest BCUT2D eigenvalue weighted by molar-refractivity contribution is 0.0990. The third kappa shape index (κ3) is 2.99. The Labute approximate surface area is 176 Å². The zero-order chi connectivity index (χ0) is 19.4. The van der Waals surface area contributed by atoms with Crippen molar-refractivity contribution < 1.29 is 9.59 Å². The lowest BCUT2D eigenvalue weighted by atomic mass is 9.88. The van der Waals surface area contributed by atoms with E-state index in [4.69, 9.17) is 11.6 Å². The van der Waals surface area contributed by atoms with Gasteiger partial charge in [0.1, 0.15) is 0 Å². The third-order valence-electron chi connectivity index (χ3n) is 5.82. The highest BCUT2D eigenvalue weighted by Crippen LogP contribution is 2.42. The van der Waals surface area contributed by atoms with Gasteiger partial charge in [-0.3, -0.25) is 9.59 Å². The molecule has 5 heteroatoms. The molecule has 0 saturated heterocycles. The predicted octanol–water partition coefficient (Wildman–Crippen LogP) is 7.43. The van der Waals surface area contributed by atoms with Crippen LogP contribution in [0, 0.1) is 6.92 Å². The molecule has 2 aliphatic rings. The molecule has 0 amide bonds. The molecule has 0 aliphatic heterocycles. The van der Waals surface area contributed by atoms with Crippen LogP contribution in [0.2, 0.25) is 5.02 Å².